The summed E-state index contributed by atoms with van der Waals surface area (Å²) in [5.41, 5.74) is 6.79. The van der Waals surface area contributed by atoms with Crippen LogP contribution in [-0.4, -0.2) is 82.5 Å². The highest BCUT2D eigenvalue weighted by atomic mass is 32.2. The number of nitrogens with zero attached hydrogens (tertiary/aromatic N) is 7. The summed E-state index contributed by atoms with van der Waals surface area (Å²) in [6, 6.07) is 2.85. The van der Waals surface area contributed by atoms with Gasteiger partial charge in [0.25, 0.3) is 11.8 Å². The van der Waals surface area contributed by atoms with E-state index < -0.39 is 29.2 Å². The van der Waals surface area contributed by atoms with E-state index in [0.717, 1.165) is 22.2 Å². The van der Waals surface area contributed by atoms with Gasteiger partial charge >= 0.3 is 11.6 Å². The van der Waals surface area contributed by atoms with E-state index in [9.17, 15) is 19.5 Å². The number of imidazole rings is 1. The molecule has 0 bridgehead atoms. The molecule has 192 valence electrons. The normalized spacial score (nSPS) is 19.6. The minimum atomic E-state index is -1.20. The molecule has 17 heteroatoms. The Labute approximate surface area is 221 Å². The summed E-state index contributed by atoms with van der Waals surface area (Å²) in [4.78, 5) is 47.9. The second kappa shape index (κ2) is 9.98. The quantitative estimate of drug-likeness (QED) is 0.106. The topological polar surface area (TPSA) is 181 Å². The predicted octanol–water partition coefficient (Wildman–Crippen LogP) is -0.526. The SMILES string of the molecule is CO/N=C(\C(=O)N[C@@H]1C(=O)N2C(C(=O)O)=C(CSc3ccc4n(cc[n+]4C)n3)CS[C@H]12)c1nsc(N)n1. The number of nitrogens with two attached hydrogens (primary N) is 1. The number of aliphatic carboxylic acids is 1. The maximum atomic E-state index is 13.0. The summed E-state index contributed by atoms with van der Waals surface area (Å²) in [5.74, 6) is -1.79. The number of fused-ring (bicyclic) bond motifs is 2. The molecule has 1 fully saturated rings. The third kappa shape index (κ3) is 4.60. The van der Waals surface area contributed by atoms with E-state index in [0.29, 0.717) is 17.1 Å². The molecule has 2 amide bonds. The highest BCUT2D eigenvalue weighted by Crippen LogP contribution is 2.41. The summed E-state index contributed by atoms with van der Waals surface area (Å²) in [6.45, 7) is 0. The number of nitrogen functional groups attached to an aromatic ring is 1. The van der Waals surface area contributed by atoms with Crippen LogP contribution in [0.2, 0.25) is 0 Å². The fourth-order valence-electron chi connectivity index (χ4n) is 3.89. The molecule has 0 saturated carbocycles. The Morgan fingerprint density at radius 1 is 1.43 bits per heavy atom. The number of anilines is 1. The van der Waals surface area contributed by atoms with E-state index in [2.05, 4.69) is 24.9 Å². The number of rotatable bonds is 8. The molecular formula is C20H20N9O5S3+. The molecule has 14 nitrogen and oxygen atoms in total. The van der Waals surface area contributed by atoms with E-state index in [1.54, 1.807) is 4.52 Å². The van der Waals surface area contributed by atoms with Crippen molar-refractivity contribution in [1.29, 1.82) is 0 Å². The Hall–Kier alpha value is -3.70. The number of carbonyl (C=O) groups is 3. The Bertz CT molecular complexity index is 1480. The van der Waals surface area contributed by atoms with E-state index in [4.69, 9.17) is 10.6 Å². The van der Waals surface area contributed by atoms with Gasteiger partial charge in [-0.05, 0) is 11.6 Å². The maximum absolute atomic E-state index is 13.0. The number of hydrogen-bond acceptors (Lipinski definition) is 12. The van der Waals surface area contributed by atoms with Gasteiger partial charge in [0, 0.05) is 29.1 Å². The Morgan fingerprint density at radius 2 is 2.24 bits per heavy atom. The first-order chi connectivity index (χ1) is 17.8. The zero-order valence-corrected chi connectivity index (χ0v) is 21.8. The van der Waals surface area contributed by atoms with Crippen molar-refractivity contribution in [2.24, 2.45) is 12.2 Å². The molecule has 0 unspecified atom stereocenters. The molecule has 3 aromatic heterocycles. The summed E-state index contributed by atoms with van der Waals surface area (Å²) in [6.07, 6.45) is 3.72. The van der Waals surface area contributed by atoms with Crippen molar-refractivity contribution in [1.82, 2.24) is 29.2 Å². The average molecular weight is 563 g/mol. The molecule has 0 radical (unpaired) electrons. The third-order valence-electron chi connectivity index (χ3n) is 5.59. The van der Waals surface area contributed by atoms with Crippen LogP contribution in [0.1, 0.15) is 5.82 Å². The van der Waals surface area contributed by atoms with Crippen molar-refractivity contribution in [3.05, 3.63) is 41.6 Å². The average Bonchev–Trinajstić information content (AvgIpc) is 3.48. The number of carboxylic acid groups (broad SMARTS) is 1. The van der Waals surface area contributed by atoms with E-state index in [1.807, 2.05) is 36.1 Å². The van der Waals surface area contributed by atoms with Crippen LogP contribution < -0.4 is 15.6 Å². The van der Waals surface area contributed by atoms with E-state index in [1.165, 1.54) is 35.5 Å². The molecule has 37 heavy (non-hydrogen) atoms. The Kier molecular flexibility index (Phi) is 6.74. The Morgan fingerprint density at radius 3 is 2.95 bits per heavy atom. The number of nitrogens with one attached hydrogen (secondary N) is 1. The van der Waals surface area contributed by atoms with Gasteiger partial charge in [-0.3, -0.25) is 14.5 Å². The number of amides is 2. The van der Waals surface area contributed by atoms with Crippen LogP contribution in [-0.2, 0) is 26.3 Å². The van der Waals surface area contributed by atoms with Gasteiger partial charge in [-0.25, -0.2) is 9.36 Å². The number of thioether (sulfide) groups is 2. The summed E-state index contributed by atoms with van der Waals surface area (Å²) < 4.78 is 7.63. The van der Waals surface area contributed by atoms with Crippen LogP contribution >= 0.6 is 35.1 Å². The number of hydrogen-bond donors (Lipinski definition) is 3. The lowest BCUT2D eigenvalue weighted by Gasteiger charge is -2.49. The summed E-state index contributed by atoms with van der Waals surface area (Å²) in [5, 5.41) is 21.0. The monoisotopic (exact) mass is 562 g/mol. The van der Waals surface area contributed by atoms with Crippen LogP contribution in [0.4, 0.5) is 5.13 Å². The lowest BCUT2D eigenvalue weighted by molar-refractivity contribution is -0.644. The van der Waals surface area contributed by atoms with Gasteiger partial charge in [0.05, 0.1) is 7.05 Å². The van der Waals surface area contributed by atoms with Crippen LogP contribution in [0.25, 0.3) is 5.65 Å². The summed E-state index contributed by atoms with van der Waals surface area (Å²) >= 11 is 3.64. The van der Waals surface area contributed by atoms with Gasteiger partial charge < -0.3 is 21.0 Å². The van der Waals surface area contributed by atoms with Gasteiger partial charge in [-0.2, -0.15) is 9.36 Å². The highest BCUT2D eigenvalue weighted by molar-refractivity contribution is 8.01. The first-order valence-electron chi connectivity index (χ1n) is 10.7. The van der Waals surface area contributed by atoms with Crippen molar-refractivity contribution >= 4 is 69.3 Å². The van der Waals surface area contributed by atoms with Crippen molar-refractivity contribution in [2.75, 3.05) is 24.3 Å². The zero-order valence-electron chi connectivity index (χ0n) is 19.4. The van der Waals surface area contributed by atoms with Gasteiger partial charge in [0.1, 0.15) is 35.4 Å². The van der Waals surface area contributed by atoms with Crippen LogP contribution in [0, 0.1) is 0 Å². The van der Waals surface area contributed by atoms with Gasteiger partial charge in [-0.15, -0.1) is 16.3 Å². The van der Waals surface area contributed by atoms with Crippen LogP contribution in [0.3, 0.4) is 0 Å². The number of oxime groups is 1. The molecular weight excluding hydrogens is 542 g/mol. The minimum absolute atomic E-state index is 0.0346. The molecule has 2 atom stereocenters. The van der Waals surface area contributed by atoms with Gasteiger partial charge in [0.15, 0.2) is 11.3 Å². The molecule has 0 aliphatic carbocycles. The highest BCUT2D eigenvalue weighted by Gasteiger charge is 2.54. The largest absolute Gasteiger partial charge is 0.477 e. The molecule has 5 heterocycles. The van der Waals surface area contributed by atoms with Crippen LogP contribution in [0.5, 0.6) is 0 Å². The Balaban J connectivity index is 1.30. The number of carboxylic acids is 1. The lowest BCUT2D eigenvalue weighted by Crippen LogP contribution is -2.71. The molecule has 4 N–H and O–H groups in total. The molecule has 5 rings (SSSR count). The van der Waals surface area contributed by atoms with Gasteiger partial charge in [0.2, 0.25) is 11.5 Å². The second-order valence-corrected chi connectivity index (χ2v) is 10.8. The molecule has 2 aliphatic rings. The number of aryl methyl sites for hydroxylation is 1. The summed E-state index contributed by atoms with van der Waals surface area (Å²) in [7, 11) is 3.17. The first kappa shape index (κ1) is 25.0. The first-order valence-corrected chi connectivity index (χ1v) is 13.5. The van der Waals surface area contributed by atoms with Crippen LogP contribution in [0.15, 0.2) is 46.0 Å². The van der Waals surface area contributed by atoms with Crippen molar-refractivity contribution in [3.63, 3.8) is 0 Å². The number of β-lactam (4-membered cyclic amide) rings is 1. The minimum Gasteiger partial charge on any atom is -0.477 e. The third-order valence-corrected chi connectivity index (χ3v) is 8.48. The number of carbonyl (C=O) groups excluding carboxylic acids is 2. The fourth-order valence-corrected chi connectivity index (χ4v) is 6.67. The smallest absolute Gasteiger partial charge is 0.352 e. The van der Waals surface area contributed by atoms with Gasteiger partial charge in [-0.1, -0.05) is 22.0 Å². The molecule has 3 aromatic rings. The second-order valence-electron chi connectivity index (χ2n) is 7.87. The molecule has 1 saturated heterocycles. The van der Waals surface area contributed by atoms with Crippen molar-refractivity contribution in [2.45, 2.75) is 16.4 Å². The molecule has 2 aliphatic heterocycles. The molecule has 0 spiro atoms. The lowest BCUT2D eigenvalue weighted by atomic mass is 10.0. The number of aromatic nitrogens is 5. The zero-order chi connectivity index (χ0) is 26.3. The fraction of sp³-hybridized carbons (Fsp3) is 0.300. The van der Waals surface area contributed by atoms with E-state index in [-0.39, 0.29) is 22.4 Å². The maximum Gasteiger partial charge on any atom is 0.352 e. The predicted molar refractivity (Wildman–Crippen MR) is 135 cm³/mol. The van der Waals surface area contributed by atoms with Crippen molar-refractivity contribution in [3.8, 4) is 0 Å². The molecule has 0 aromatic carbocycles. The standard InChI is InChI=1S/C20H19N9O5S3/c1-27-5-6-28-11(27)4-3-10(24-28)35-7-9-8-36-18-13(17(31)29(18)14(9)19(32)33)22-16(30)12(25-34-2)15-23-20(21)37-26-15/h3-6,13,18H,7-8H2,1-2H3,(H3-,21,22,23,26,30,32,33)/p+1/b25-12-/t13-,18-/m1/s1. The van der Waals surface area contributed by atoms with Crippen molar-refractivity contribution < 1.29 is 28.9 Å². The van der Waals surface area contributed by atoms with E-state index >= 15 is 0 Å².